The molecule has 3 heteroatoms. The van der Waals surface area contributed by atoms with Crippen molar-refractivity contribution >= 4 is 11.6 Å². The van der Waals surface area contributed by atoms with Crippen LogP contribution in [0.15, 0.2) is 12.1 Å². The Balaban J connectivity index is 3.23. The topological polar surface area (TPSA) is 20.2 Å². The van der Waals surface area contributed by atoms with Crippen LogP contribution in [0.2, 0.25) is 5.02 Å². The number of hydrogen-bond acceptors (Lipinski definition) is 1. The molecule has 1 aromatic carbocycles. The third kappa shape index (κ3) is 1.76. The maximum absolute atomic E-state index is 12.9. The highest BCUT2D eigenvalue weighted by molar-refractivity contribution is 6.31. The van der Waals surface area contributed by atoms with E-state index in [0.717, 1.165) is 0 Å². The number of aliphatic hydroxyl groups is 1. The first-order chi connectivity index (χ1) is 5.52. The molecule has 0 aliphatic heterocycles. The Hall–Kier alpha value is -0.600. The summed E-state index contributed by atoms with van der Waals surface area (Å²) in [5, 5.41) is 9.48. The lowest BCUT2D eigenvalue weighted by atomic mass is 10.1. The van der Waals surface area contributed by atoms with Crippen LogP contribution in [-0.2, 0) is 0 Å². The molecule has 0 saturated carbocycles. The Labute approximate surface area is 75.8 Å². The number of rotatable bonds is 1. The largest absolute Gasteiger partial charge is 0.389 e. The fraction of sp³-hybridized carbons (Fsp3) is 0.333. The molecule has 1 N–H and O–H groups in total. The van der Waals surface area contributed by atoms with Crippen molar-refractivity contribution in [2.45, 2.75) is 20.0 Å². The van der Waals surface area contributed by atoms with Gasteiger partial charge in [0.05, 0.1) is 6.10 Å². The fourth-order valence-electron chi connectivity index (χ4n) is 1.000. The maximum Gasteiger partial charge on any atom is 0.127 e. The van der Waals surface area contributed by atoms with Crippen molar-refractivity contribution in [3.8, 4) is 0 Å². The average molecular weight is 189 g/mol. The molecule has 1 nitrogen and oxygen atoms in total. The molecule has 0 bridgehead atoms. The lowest BCUT2D eigenvalue weighted by molar-refractivity contribution is 0.199. The average Bonchev–Trinajstić information content (AvgIpc) is 1.96. The third-order valence-corrected chi connectivity index (χ3v) is 2.06. The van der Waals surface area contributed by atoms with Crippen molar-refractivity contribution in [1.82, 2.24) is 0 Å². The molecule has 1 atom stereocenters. The maximum atomic E-state index is 12.9. The highest BCUT2D eigenvalue weighted by atomic mass is 35.5. The van der Waals surface area contributed by atoms with Gasteiger partial charge in [-0.05, 0) is 37.1 Å². The van der Waals surface area contributed by atoms with Gasteiger partial charge in [0.1, 0.15) is 5.82 Å². The predicted octanol–water partition coefficient (Wildman–Crippen LogP) is 2.84. The lowest BCUT2D eigenvalue weighted by Crippen LogP contribution is -1.95. The van der Waals surface area contributed by atoms with Gasteiger partial charge in [-0.3, -0.25) is 0 Å². The molecular weight excluding hydrogens is 179 g/mol. The molecule has 0 spiro atoms. The molecule has 0 heterocycles. The van der Waals surface area contributed by atoms with Crippen LogP contribution in [0.4, 0.5) is 4.39 Å². The summed E-state index contributed by atoms with van der Waals surface area (Å²) in [5.41, 5.74) is 1.06. The van der Waals surface area contributed by atoms with E-state index in [2.05, 4.69) is 0 Å². The van der Waals surface area contributed by atoms with Gasteiger partial charge in [0, 0.05) is 5.02 Å². The summed E-state index contributed by atoms with van der Waals surface area (Å²) in [7, 11) is 0. The minimum Gasteiger partial charge on any atom is -0.389 e. The highest BCUT2D eigenvalue weighted by Crippen LogP contribution is 2.25. The van der Waals surface area contributed by atoms with E-state index in [-0.39, 0.29) is 10.8 Å². The van der Waals surface area contributed by atoms with E-state index >= 15 is 0 Å². The number of aliphatic hydroxyl groups excluding tert-OH is 1. The number of halogens is 2. The number of aryl methyl sites for hydroxylation is 1. The fourth-order valence-corrected chi connectivity index (χ4v) is 1.31. The molecule has 0 fully saturated rings. The standard InChI is InChI=1S/C9H10ClFO/c1-5-3-7(6(2)12)8(10)4-9(5)11/h3-4,6,12H,1-2H3. The summed E-state index contributed by atoms with van der Waals surface area (Å²) < 4.78 is 12.9. The molecule has 12 heavy (non-hydrogen) atoms. The molecule has 0 saturated heterocycles. The summed E-state index contributed by atoms with van der Waals surface area (Å²) in [6, 6.07) is 2.78. The molecule has 0 aliphatic carbocycles. The quantitative estimate of drug-likeness (QED) is 0.719. The van der Waals surface area contributed by atoms with Crippen LogP contribution < -0.4 is 0 Å². The monoisotopic (exact) mass is 188 g/mol. The van der Waals surface area contributed by atoms with Gasteiger partial charge in [-0.25, -0.2) is 4.39 Å². The molecule has 0 radical (unpaired) electrons. The summed E-state index contributed by atoms with van der Waals surface area (Å²) in [5.74, 6) is -0.343. The second kappa shape index (κ2) is 3.42. The van der Waals surface area contributed by atoms with Gasteiger partial charge in [-0.2, -0.15) is 0 Å². The molecule has 66 valence electrons. The Morgan fingerprint density at radius 2 is 2.08 bits per heavy atom. The van der Waals surface area contributed by atoms with E-state index in [1.807, 2.05) is 0 Å². The Bertz CT molecular complexity index is 297. The van der Waals surface area contributed by atoms with Crippen LogP contribution in [0, 0.1) is 12.7 Å². The third-order valence-electron chi connectivity index (χ3n) is 1.73. The first-order valence-electron chi connectivity index (χ1n) is 3.66. The molecule has 0 amide bonds. The van der Waals surface area contributed by atoms with Gasteiger partial charge >= 0.3 is 0 Å². The summed E-state index contributed by atoms with van der Waals surface area (Å²) in [6.07, 6.45) is -0.656. The van der Waals surface area contributed by atoms with Gasteiger partial charge in [0.25, 0.3) is 0 Å². The molecule has 1 rings (SSSR count). The minimum absolute atomic E-state index is 0.271. The second-order valence-corrected chi connectivity index (χ2v) is 3.21. The molecule has 0 aromatic heterocycles. The number of hydrogen-bond donors (Lipinski definition) is 1. The molecular formula is C9H10ClFO. The first kappa shape index (κ1) is 9.49. The van der Waals surface area contributed by atoms with Crippen molar-refractivity contribution in [1.29, 1.82) is 0 Å². The Kier molecular flexibility index (Phi) is 2.70. The van der Waals surface area contributed by atoms with Crippen LogP contribution in [0.25, 0.3) is 0 Å². The Morgan fingerprint density at radius 3 is 2.58 bits per heavy atom. The Morgan fingerprint density at radius 1 is 1.50 bits per heavy atom. The van der Waals surface area contributed by atoms with Gasteiger partial charge in [-0.15, -0.1) is 0 Å². The predicted molar refractivity (Wildman–Crippen MR) is 46.8 cm³/mol. The smallest absolute Gasteiger partial charge is 0.127 e. The zero-order chi connectivity index (χ0) is 9.30. The lowest BCUT2D eigenvalue weighted by Gasteiger charge is -2.08. The van der Waals surface area contributed by atoms with Crippen LogP contribution in [-0.4, -0.2) is 5.11 Å². The van der Waals surface area contributed by atoms with E-state index in [0.29, 0.717) is 11.1 Å². The van der Waals surface area contributed by atoms with Crippen molar-refractivity contribution in [3.05, 3.63) is 34.1 Å². The van der Waals surface area contributed by atoms with Crippen LogP contribution in [0.1, 0.15) is 24.2 Å². The van der Waals surface area contributed by atoms with Crippen LogP contribution in [0.5, 0.6) is 0 Å². The second-order valence-electron chi connectivity index (χ2n) is 2.80. The number of benzene rings is 1. The first-order valence-corrected chi connectivity index (χ1v) is 4.03. The van der Waals surface area contributed by atoms with Crippen molar-refractivity contribution in [2.75, 3.05) is 0 Å². The molecule has 1 unspecified atom stereocenters. The van der Waals surface area contributed by atoms with Gasteiger partial charge < -0.3 is 5.11 Å². The normalized spacial score (nSPS) is 13.1. The summed E-state index contributed by atoms with van der Waals surface area (Å²) >= 11 is 5.70. The summed E-state index contributed by atoms with van der Waals surface area (Å²) in [6.45, 7) is 3.23. The van der Waals surface area contributed by atoms with Crippen molar-refractivity contribution < 1.29 is 9.50 Å². The van der Waals surface area contributed by atoms with E-state index in [1.165, 1.54) is 6.07 Å². The minimum atomic E-state index is -0.656. The zero-order valence-electron chi connectivity index (χ0n) is 6.94. The van der Waals surface area contributed by atoms with Gasteiger partial charge in [-0.1, -0.05) is 11.6 Å². The summed E-state index contributed by atoms with van der Waals surface area (Å²) in [4.78, 5) is 0. The molecule has 0 aliphatic rings. The van der Waals surface area contributed by atoms with Gasteiger partial charge in [0.15, 0.2) is 0 Å². The van der Waals surface area contributed by atoms with Crippen molar-refractivity contribution in [3.63, 3.8) is 0 Å². The van der Waals surface area contributed by atoms with Gasteiger partial charge in [0.2, 0.25) is 0 Å². The highest BCUT2D eigenvalue weighted by Gasteiger charge is 2.09. The van der Waals surface area contributed by atoms with E-state index in [4.69, 9.17) is 11.6 Å². The van der Waals surface area contributed by atoms with E-state index in [1.54, 1.807) is 19.9 Å². The SMILES string of the molecule is Cc1cc(C(C)O)c(Cl)cc1F. The van der Waals surface area contributed by atoms with Crippen LogP contribution in [0.3, 0.4) is 0 Å². The zero-order valence-corrected chi connectivity index (χ0v) is 7.69. The van der Waals surface area contributed by atoms with E-state index in [9.17, 15) is 9.50 Å². The van der Waals surface area contributed by atoms with E-state index < -0.39 is 6.10 Å². The molecule has 1 aromatic rings. The van der Waals surface area contributed by atoms with Crippen LogP contribution >= 0.6 is 11.6 Å². The van der Waals surface area contributed by atoms with Crippen molar-refractivity contribution in [2.24, 2.45) is 0 Å².